The Balaban J connectivity index is 2.22. The summed E-state index contributed by atoms with van der Waals surface area (Å²) < 4.78 is 5.72. The van der Waals surface area contributed by atoms with Gasteiger partial charge in [-0.3, -0.25) is 10.1 Å². The van der Waals surface area contributed by atoms with Crippen LogP contribution in [0, 0.1) is 17.0 Å². The van der Waals surface area contributed by atoms with Crippen LogP contribution in [-0.2, 0) is 0 Å². The van der Waals surface area contributed by atoms with Crippen LogP contribution in [0.1, 0.15) is 5.56 Å². The molecule has 0 bridgehead atoms. The summed E-state index contributed by atoms with van der Waals surface area (Å²) in [4.78, 5) is 10.6. The van der Waals surface area contributed by atoms with Gasteiger partial charge in [0, 0.05) is 11.5 Å². The van der Waals surface area contributed by atoms with E-state index in [0.717, 1.165) is 16.5 Å². The number of hydrogen-bond donors (Lipinski definition) is 0. The number of para-hydroxylation sites is 1. The third-order valence-corrected chi connectivity index (χ3v) is 3.04. The fourth-order valence-electron chi connectivity index (χ4n) is 2.11. The van der Waals surface area contributed by atoms with E-state index in [-0.39, 0.29) is 5.69 Å². The lowest BCUT2D eigenvalue weighted by molar-refractivity contribution is -0.384. The Kier molecular flexibility index (Phi) is 2.56. The van der Waals surface area contributed by atoms with Crippen LogP contribution >= 0.6 is 0 Å². The van der Waals surface area contributed by atoms with E-state index < -0.39 is 4.92 Å². The Labute approximate surface area is 109 Å². The molecule has 0 radical (unpaired) electrons. The van der Waals surface area contributed by atoms with Crippen LogP contribution in [0.15, 0.2) is 52.9 Å². The molecule has 2 aromatic carbocycles. The number of rotatable bonds is 2. The predicted octanol–water partition coefficient (Wildman–Crippen LogP) is 4.32. The van der Waals surface area contributed by atoms with Crippen molar-refractivity contribution >= 4 is 16.7 Å². The molecule has 0 saturated heterocycles. The molecule has 0 spiro atoms. The summed E-state index contributed by atoms with van der Waals surface area (Å²) in [7, 11) is 0. The predicted molar refractivity (Wildman–Crippen MR) is 73.0 cm³/mol. The van der Waals surface area contributed by atoms with Gasteiger partial charge in [0.1, 0.15) is 11.3 Å². The quantitative estimate of drug-likeness (QED) is 0.505. The number of hydrogen-bond acceptors (Lipinski definition) is 3. The van der Waals surface area contributed by atoms with Gasteiger partial charge in [0.05, 0.1) is 10.5 Å². The van der Waals surface area contributed by atoms with Gasteiger partial charge < -0.3 is 4.42 Å². The second-order valence-electron chi connectivity index (χ2n) is 4.43. The molecule has 19 heavy (non-hydrogen) atoms. The normalized spacial score (nSPS) is 10.8. The van der Waals surface area contributed by atoms with E-state index in [1.54, 1.807) is 18.2 Å². The molecule has 0 amide bonds. The number of nitro benzene ring substituents is 1. The van der Waals surface area contributed by atoms with Gasteiger partial charge in [-0.2, -0.15) is 0 Å². The summed E-state index contributed by atoms with van der Waals surface area (Å²) in [6.07, 6.45) is 0. The van der Waals surface area contributed by atoms with E-state index in [9.17, 15) is 10.1 Å². The van der Waals surface area contributed by atoms with Crippen LogP contribution in [-0.4, -0.2) is 4.92 Å². The molecule has 1 aromatic heterocycles. The van der Waals surface area contributed by atoms with Gasteiger partial charge in [0.25, 0.3) is 5.69 Å². The van der Waals surface area contributed by atoms with Crippen LogP contribution in [0.2, 0.25) is 0 Å². The Hall–Kier alpha value is -2.62. The average Bonchev–Trinajstić information content (AvgIpc) is 2.81. The SMILES string of the molecule is Cc1ccc2cc(-c3ccccc3[N+](=O)[O-])oc2c1. The highest BCUT2D eigenvalue weighted by Crippen LogP contribution is 2.33. The van der Waals surface area contributed by atoms with Gasteiger partial charge in [0.2, 0.25) is 0 Å². The third kappa shape index (κ3) is 1.97. The maximum atomic E-state index is 11.0. The molecule has 94 valence electrons. The molecule has 4 heteroatoms. The monoisotopic (exact) mass is 253 g/mol. The Bertz CT molecular complexity index is 774. The standard InChI is InChI=1S/C15H11NO3/c1-10-6-7-11-9-15(19-14(11)8-10)12-4-2-3-5-13(12)16(17)18/h2-9H,1H3. The average molecular weight is 253 g/mol. The van der Waals surface area contributed by atoms with Crippen LogP contribution < -0.4 is 0 Å². The molecule has 0 aliphatic rings. The fourth-order valence-corrected chi connectivity index (χ4v) is 2.11. The molecule has 1 heterocycles. The highest BCUT2D eigenvalue weighted by atomic mass is 16.6. The molecule has 0 saturated carbocycles. The molecule has 0 atom stereocenters. The number of furan rings is 1. The van der Waals surface area contributed by atoms with E-state index in [4.69, 9.17) is 4.42 Å². The van der Waals surface area contributed by atoms with Crippen molar-refractivity contribution in [1.82, 2.24) is 0 Å². The van der Waals surface area contributed by atoms with Crippen LogP contribution in [0.25, 0.3) is 22.3 Å². The lowest BCUT2D eigenvalue weighted by atomic mass is 10.1. The number of fused-ring (bicyclic) bond motifs is 1. The van der Waals surface area contributed by atoms with Crippen molar-refractivity contribution in [2.24, 2.45) is 0 Å². The smallest absolute Gasteiger partial charge is 0.280 e. The molecular weight excluding hydrogens is 242 g/mol. The topological polar surface area (TPSA) is 56.3 Å². The van der Waals surface area contributed by atoms with Crippen molar-refractivity contribution < 1.29 is 9.34 Å². The number of aryl methyl sites for hydroxylation is 1. The van der Waals surface area contributed by atoms with E-state index in [2.05, 4.69) is 0 Å². The van der Waals surface area contributed by atoms with Gasteiger partial charge in [-0.25, -0.2) is 0 Å². The summed E-state index contributed by atoms with van der Waals surface area (Å²) >= 11 is 0. The van der Waals surface area contributed by atoms with Gasteiger partial charge in [0.15, 0.2) is 0 Å². The molecule has 0 aliphatic heterocycles. The minimum atomic E-state index is -0.395. The summed E-state index contributed by atoms with van der Waals surface area (Å²) in [5, 5.41) is 12.0. The molecule has 3 rings (SSSR count). The summed E-state index contributed by atoms with van der Waals surface area (Å²) in [6.45, 7) is 1.98. The van der Waals surface area contributed by atoms with Gasteiger partial charge in [-0.1, -0.05) is 24.3 Å². The van der Waals surface area contributed by atoms with Crippen molar-refractivity contribution in [2.75, 3.05) is 0 Å². The first-order valence-electron chi connectivity index (χ1n) is 5.89. The molecule has 0 N–H and O–H groups in total. The fraction of sp³-hybridized carbons (Fsp3) is 0.0667. The van der Waals surface area contributed by atoms with E-state index in [0.29, 0.717) is 11.3 Å². The maximum Gasteiger partial charge on any atom is 0.280 e. The molecule has 0 fully saturated rings. The van der Waals surface area contributed by atoms with Gasteiger partial charge >= 0.3 is 0 Å². The van der Waals surface area contributed by atoms with E-state index in [1.807, 2.05) is 31.2 Å². The number of benzene rings is 2. The molecule has 4 nitrogen and oxygen atoms in total. The zero-order valence-corrected chi connectivity index (χ0v) is 10.3. The summed E-state index contributed by atoms with van der Waals surface area (Å²) in [5.74, 6) is 0.521. The van der Waals surface area contributed by atoms with Crippen molar-refractivity contribution in [2.45, 2.75) is 6.92 Å². The molecule has 3 aromatic rings. The lowest BCUT2D eigenvalue weighted by Crippen LogP contribution is -1.90. The van der Waals surface area contributed by atoms with Crippen LogP contribution in [0.5, 0.6) is 0 Å². The second kappa shape index (κ2) is 4.24. The van der Waals surface area contributed by atoms with Crippen molar-refractivity contribution in [3.05, 3.63) is 64.2 Å². The minimum absolute atomic E-state index is 0.0540. The minimum Gasteiger partial charge on any atom is -0.456 e. The molecular formula is C15H11NO3. The van der Waals surface area contributed by atoms with Crippen molar-refractivity contribution in [3.63, 3.8) is 0 Å². The van der Waals surface area contributed by atoms with E-state index in [1.165, 1.54) is 6.07 Å². The Morgan fingerprint density at radius 3 is 2.68 bits per heavy atom. The van der Waals surface area contributed by atoms with Crippen molar-refractivity contribution in [3.8, 4) is 11.3 Å². The number of nitro groups is 1. The lowest BCUT2D eigenvalue weighted by Gasteiger charge is -1.98. The first-order chi connectivity index (χ1) is 9.15. The largest absolute Gasteiger partial charge is 0.456 e. The van der Waals surface area contributed by atoms with Gasteiger partial charge in [-0.05, 0) is 30.7 Å². The third-order valence-electron chi connectivity index (χ3n) is 3.04. The Morgan fingerprint density at radius 2 is 1.89 bits per heavy atom. The van der Waals surface area contributed by atoms with Crippen molar-refractivity contribution in [1.29, 1.82) is 0 Å². The highest BCUT2D eigenvalue weighted by Gasteiger charge is 2.17. The zero-order valence-electron chi connectivity index (χ0n) is 10.3. The van der Waals surface area contributed by atoms with Gasteiger partial charge in [-0.15, -0.1) is 0 Å². The second-order valence-corrected chi connectivity index (χ2v) is 4.43. The zero-order chi connectivity index (χ0) is 13.4. The molecule has 0 unspecified atom stereocenters. The Morgan fingerprint density at radius 1 is 1.11 bits per heavy atom. The highest BCUT2D eigenvalue weighted by molar-refractivity contribution is 5.85. The van der Waals surface area contributed by atoms with Crippen LogP contribution in [0.3, 0.4) is 0 Å². The first-order valence-corrected chi connectivity index (χ1v) is 5.89. The number of nitrogens with zero attached hydrogens (tertiary/aromatic N) is 1. The van der Waals surface area contributed by atoms with E-state index >= 15 is 0 Å². The van der Waals surface area contributed by atoms with Crippen LogP contribution in [0.4, 0.5) is 5.69 Å². The first kappa shape index (κ1) is 11.5. The maximum absolute atomic E-state index is 11.0. The summed E-state index contributed by atoms with van der Waals surface area (Å²) in [6, 6.07) is 14.3. The summed E-state index contributed by atoms with van der Waals surface area (Å²) in [5.41, 5.74) is 2.39. The molecule has 0 aliphatic carbocycles.